The summed E-state index contributed by atoms with van der Waals surface area (Å²) in [6.45, 7) is 2.01. The van der Waals surface area contributed by atoms with Crippen molar-refractivity contribution >= 4 is 21.7 Å². The second-order valence-electron chi connectivity index (χ2n) is 3.41. The summed E-state index contributed by atoms with van der Waals surface area (Å²) in [5.41, 5.74) is 0.497. The van der Waals surface area contributed by atoms with Gasteiger partial charge in [-0.05, 0) is 31.5 Å². The summed E-state index contributed by atoms with van der Waals surface area (Å²) in [6.07, 6.45) is 1.19. The molecule has 0 amide bonds. The highest BCUT2D eigenvalue weighted by Crippen LogP contribution is 2.22. The number of Topliss-reactive ketones (excluding diaryl/α,β-unsaturated/α-hetero) is 1. The van der Waals surface area contributed by atoms with Crippen LogP contribution in [0.5, 0.6) is 5.75 Å². The average Bonchev–Trinajstić information content (AvgIpc) is 2.25. The quantitative estimate of drug-likeness (QED) is 0.780. The minimum Gasteiger partial charge on any atom is -0.492 e. The summed E-state index contributed by atoms with van der Waals surface area (Å²) in [6, 6.07) is 7.34. The van der Waals surface area contributed by atoms with Gasteiger partial charge in [0.2, 0.25) is 0 Å². The van der Waals surface area contributed by atoms with Gasteiger partial charge in [-0.15, -0.1) is 0 Å². The molecule has 16 heavy (non-hydrogen) atoms. The number of rotatable bonds is 5. The van der Waals surface area contributed by atoms with Gasteiger partial charge in [-0.2, -0.15) is 5.26 Å². The van der Waals surface area contributed by atoms with Crippen molar-refractivity contribution in [2.75, 3.05) is 6.61 Å². The van der Waals surface area contributed by atoms with E-state index in [9.17, 15) is 4.79 Å². The van der Waals surface area contributed by atoms with Gasteiger partial charge in [-0.3, -0.25) is 0 Å². The number of nitriles is 1. The molecule has 0 aliphatic carbocycles. The molecule has 0 heterocycles. The number of ketones is 1. The first-order valence-corrected chi connectivity index (χ1v) is 5.74. The molecule has 0 unspecified atom stereocenters. The highest BCUT2D eigenvalue weighted by atomic mass is 79.9. The van der Waals surface area contributed by atoms with Crippen molar-refractivity contribution in [2.24, 2.45) is 0 Å². The van der Waals surface area contributed by atoms with E-state index in [4.69, 9.17) is 10.00 Å². The average molecular weight is 282 g/mol. The van der Waals surface area contributed by atoms with Gasteiger partial charge in [-0.25, -0.2) is 0 Å². The van der Waals surface area contributed by atoms with Crippen molar-refractivity contribution in [1.82, 2.24) is 0 Å². The van der Waals surface area contributed by atoms with Crippen LogP contribution in [0, 0.1) is 11.3 Å². The SMILES string of the molecule is CC(=O)CCCOc1ccc(Br)cc1C#N. The van der Waals surface area contributed by atoms with Crippen LogP contribution in [-0.2, 0) is 4.79 Å². The molecule has 3 nitrogen and oxygen atoms in total. The Labute approximate surface area is 103 Å². The standard InChI is InChI=1S/C12H12BrNO2/c1-9(15)3-2-6-16-12-5-4-11(13)7-10(12)8-14/h4-5,7H,2-3,6H2,1H3. The van der Waals surface area contributed by atoms with Crippen molar-refractivity contribution in [3.8, 4) is 11.8 Å². The van der Waals surface area contributed by atoms with Gasteiger partial charge >= 0.3 is 0 Å². The fourth-order valence-corrected chi connectivity index (χ4v) is 1.58. The van der Waals surface area contributed by atoms with Gasteiger partial charge in [0.25, 0.3) is 0 Å². The van der Waals surface area contributed by atoms with E-state index in [2.05, 4.69) is 22.0 Å². The Morgan fingerprint density at radius 3 is 2.94 bits per heavy atom. The Morgan fingerprint density at radius 1 is 1.56 bits per heavy atom. The number of carbonyl (C=O) groups excluding carboxylic acids is 1. The second kappa shape index (κ2) is 6.29. The molecule has 0 aliphatic rings. The summed E-state index contributed by atoms with van der Waals surface area (Å²) < 4.78 is 6.29. The normalized spacial score (nSPS) is 9.56. The zero-order chi connectivity index (χ0) is 12.0. The predicted octanol–water partition coefficient (Wildman–Crippen LogP) is 3.07. The summed E-state index contributed by atoms with van der Waals surface area (Å²) in [7, 11) is 0. The molecule has 0 saturated heterocycles. The Kier molecular flexibility index (Phi) is 5.00. The lowest BCUT2D eigenvalue weighted by molar-refractivity contribution is -0.117. The van der Waals surface area contributed by atoms with Crippen molar-refractivity contribution < 1.29 is 9.53 Å². The number of hydrogen-bond acceptors (Lipinski definition) is 3. The van der Waals surface area contributed by atoms with E-state index in [1.54, 1.807) is 19.1 Å². The fraction of sp³-hybridized carbons (Fsp3) is 0.333. The summed E-state index contributed by atoms with van der Waals surface area (Å²) in [4.78, 5) is 10.7. The molecule has 0 spiro atoms. The van der Waals surface area contributed by atoms with Crippen LogP contribution in [0.1, 0.15) is 25.3 Å². The molecule has 0 saturated carbocycles. The first-order valence-electron chi connectivity index (χ1n) is 4.95. The third kappa shape index (κ3) is 4.03. The van der Waals surface area contributed by atoms with Gasteiger partial charge in [0.15, 0.2) is 0 Å². The highest BCUT2D eigenvalue weighted by molar-refractivity contribution is 9.10. The van der Waals surface area contributed by atoms with Crippen LogP contribution < -0.4 is 4.74 Å². The molecule has 0 aromatic heterocycles. The molecule has 1 aromatic carbocycles. The predicted molar refractivity (Wildman–Crippen MR) is 64.3 cm³/mol. The molecular weight excluding hydrogens is 270 g/mol. The Morgan fingerprint density at radius 2 is 2.31 bits per heavy atom. The summed E-state index contributed by atoms with van der Waals surface area (Å²) in [5, 5.41) is 8.88. The number of carbonyl (C=O) groups is 1. The topological polar surface area (TPSA) is 50.1 Å². The zero-order valence-electron chi connectivity index (χ0n) is 9.00. The summed E-state index contributed by atoms with van der Waals surface area (Å²) in [5.74, 6) is 0.717. The molecule has 0 fully saturated rings. The van der Waals surface area contributed by atoms with E-state index in [0.29, 0.717) is 30.8 Å². The fourth-order valence-electron chi connectivity index (χ4n) is 1.22. The van der Waals surface area contributed by atoms with Gasteiger partial charge in [-0.1, -0.05) is 15.9 Å². The van der Waals surface area contributed by atoms with Crippen molar-refractivity contribution in [3.63, 3.8) is 0 Å². The maximum atomic E-state index is 10.7. The molecule has 0 N–H and O–H groups in total. The molecule has 84 valence electrons. The lowest BCUT2D eigenvalue weighted by Crippen LogP contribution is -2.01. The highest BCUT2D eigenvalue weighted by Gasteiger charge is 2.03. The smallest absolute Gasteiger partial charge is 0.137 e. The Balaban J connectivity index is 2.54. The molecule has 0 radical (unpaired) electrons. The maximum absolute atomic E-state index is 10.7. The van der Waals surface area contributed by atoms with Crippen LogP contribution >= 0.6 is 15.9 Å². The number of ether oxygens (including phenoxy) is 1. The van der Waals surface area contributed by atoms with Gasteiger partial charge in [0.05, 0.1) is 12.2 Å². The van der Waals surface area contributed by atoms with Gasteiger partial charge < -0.3 is 9.53 Å². The largest absolute Gasteiger partial charge is 0.492 e. The monoisotopic (exact) mass is 281 g/mol. The number of nitrogens with zero attached hydrogens (tertiary/aromatic N) is 1. The molecule has 1 rings (SSSR count). The van der Waals surface area contributed by atoms with E-state index in [1.807, 2.05) is 6.07 Å². The Bertz CT molecular complexity index is 424. The van der Waals surface area contributed by atoms with Gasteiger partial charge in [0, 0.05) is 10.9 Å². The number of benzene rings is 1. The van der Waals surface area contributed by atoms with Crippen LogP contribution in [0.25, 0.3) is 0 Å². The minimum atomic E-state index is 0.153. The van der Waals surface area contributed by atoms with Crippen LogP contribution in [0.3, 0.4) is 0 Å². The third-order valence-electron chi connectivity index (χ3n) is 1.99. The van der Waals surface area contributed by atoms with Crippen LogP contribution in [-0.4, -0.2) is 12.4 Å². The molecule has 0 atom stereocenters. The third-order valence-corrected chi connectivity index (χ3v) is 2.49. The molecule has 0 aliphatic heterocycles. The number of hydrogen-bond donors (Lipinski definition) is 0. The van der Waals surface area contributed by atoms with Crippen LogP contribution in [0.4, 0.5) is 0 Å². The van der Waals surface area contributed by atoms with Crippen molar-refractivity contribution in [2.45, 2.75) is 19.8 Å². The first-order chi connectivity index (χ1) is 7.63. The number of halogens is 1. The molecule has 4 heteroatoms. The Hall–Kier alpha value is -1.34. The van der Waals surface area contributed by atoms with Crippen LogP contribution in [0.2, 0.25) is 0 Å². The lowest BCUT2D eigenvalue weighted by Gasteiger charge is -2.07. The van der Waals surface area contributed by atoms with E-state index < -0.39 is 0 Å². The minimum absolute atomic E-state index is 0.153. The van der Waals surface area contributed by atoms with Gasteiger partial charge in [0.1, 0.15) is 17.6 Å². The zero-order valence-corrected chi connectivity index (χ0v) is 10.6. The van der Waals surface area contributed by atoms with E-state index >= 15 is 0 Å². The van der Waals surface area contributed by atoms with Crippen LogP contribution in [0.15, 0.2) is 22.7 Å². The van der Waals surface area contributed by atoms with Crippen molar-refractivity contribution in [3.05, 3.63) is 28.2 Å². The van der Waals surface area contributed by atoms with E-state index in [0.717, 1.165) is 4.47 Å². The second-order valence-corrected chi connectivity index (χ2v) is 4.32. The molecule has 1 aromatic rings. The lowest BCUT2D eigenvalue weighted by atomic mass is 10.2. The molecule has 0 bridgehead atoms. The van der Waals surface area contributed by atoms with E-state index in [1.165, 1.54) is 0 Å². The maximum Gasteiger partial charge on any atom is 0.137 e. The summed E-state index contributed by atoms with van der Waals surface area (Å²) >= 11 is 3.29. The van der Waals surface area contributed by atoms with Crippen molar-refractivity contribution in [1.29, 1.82) is 5.26 Å². The molecular formula is C12H12BrNO2. The van der Waals surface area contributed by atoms with E-state index in [-0.39, 0.29) is 5.78 Å². The first kappa shape index (κ1) is 12.7.